The Morgan fingerprint density at radius 2 is 2.00 bits per heavy atom. The highest BCUT2D eigenvalue weighted by Gasteiger charge is 2.56. The molecular formula is C32H39N3O3. The van der Waals surface area contributed by atoms with Crippen LogP contribution in [0.15, 0.2) is 54.6 Å². The lowest BCUT2D eigenvalue weighted by Gasteiger charge is -2.30. The van der Waals surface area contributed by atoms with Crippen LogP contribution in [0.5, 0.6) is 5.75 Å². The molecule has 1 aliphatic carbocycles. The summed E-state index contributed by atoms with van der Waals surface area (Å²) in [7, 11) is 1.68. The summed E-state index contributed by atoms with van der Waals surface area (Å²) in [6, 6.07) is 18.8. The molecule has 1 saturated carbocycles. The van der Waals surface area contributed by atoms with E-state index in [-0.39, 0.29) is 5.41 Å². The van der Waals surface area contributed by atoms with Crippen LogP contribution in [-0.4, -0.2) is 44.6 Å². The standard InChI is InChI=1S/C29H31N3O2.C3H8O/c1-20-22(10-9-21-16-30-13-11-24(20)21)18-34-27-7-3-2-5-25(27)26-6-4-8-28(31-26)32-14-12-29(19-33)15-23(29)17-32;1-3-4-2/h2-10,19,23,30H,11-18H2,1H3;3H2,1-2H3/t23?,29-;/m0./s1. The summed E-state index contributed by atoms with van der Waals surface area (Å²) in [5, 5.41) is 3.45. The largest absolute Gasteiger partial charge is 0.488 e. The van der Waals surface area contributed by atoms with E-state index in [0.29, 0.717) is 12.5 Å². The van der Waals surface area contributed by atoms with Crippen LogP contribution in [0, 0.1) is 18.3 Å². The van der Waals surface area contributed by atoms with Crippen LogP contribution in [0.1, 0.15) is 42.0 Å². The molecule has 3 aromatic rings. The Morgan fingerprint density at radius 3 is 2.79 bits per heavy atom. The first-order valence-electron chi connectivity index (χ1n) is 13.8. The Kier molecular flexibility index (Phi) is 8.10. The molecule has 2 aliphatic heterocycles. The molecule has 6 heteroatoms. The number of para-hydroxylation sites is 1. The maximum absolute atomic E-state index is 11.4. The average molecular weight is 514 g/mol. The number of aromatic nitrogens is 1. The number of ether oxygens (including phenoxy) is 2. The Morgan fingerprint density at radius 1 is 1.16 bits per heavy atom. The number of aldehydes is 1. The first-order chi connectivity index (χ1) is 18.6. The minimum atomic E-state index is -0.0418. The number of methoxy groups -OCH3 is 1. The van der Waals surface area contributed by atoms with Gasteiger partial charge in [-0.2, -0.15) is 0 Å². The van der Waals surface area contributed by atoms with Crippen LogP contribution in [0.2, 0.25) is 0 Å². The number of anilines is 1. The van der Waals surface area contributed by atoms with E-state index in [4.69, 9.17) is 9.72 Å². The lowest BCUT2D eigenvalue weighted by Crippen LogP contribution is -2.35. The van der Waals surface area contributed by atoms with E-state index in [1.807, 2.05) is 25.1 Å². The molecule has 0 radical (unpaired) electrons. The number of piperidine rings is 1. The molecule has 200 valence electrons. The summed E-state index contributed by atoms with van der Waals surface area (Å²) >= 11 is 0. The Balaban J connectivity index is 0.000000689. The van der Waals surface area contributed by atoms with E-state index in [2.05, 4.69) is 58.3 Å². The highest BCUT2D eigenvalue weighted by Crippen LogP contribution is 2.56. The Hall–Kier alpha value is -3.22. The van der Waals surface area contributed by atoms with Crippen molar-refractivity contribution in [2.75, 3.05) is 38.3 Å². The van der Waals surface area contributed by atoms with Gasteiger partial charge in [0.1, 0.15) is 24.5 Å². The van der Waals surface area contributed by atoms with Crippen molar-refractivity contribution in [2.45, 2.75) is 46.3 Å². The van der Waals surface area contributed by atoms with Crippen LogP contribution in [0.3, 0.4) is 0 Å². The van der Waals surface area contributed by atoms with E-state index in [9.17, 15) is 4.79 Å². The molecule has 3 aliphatic rings. The molecule has 1 N–H and O–H groups in total. The van der Waals surface area contributed by atoms with Gasteiger partial charge in [-0.15, -0.1) is 0 Å². The fourth-order valence-corrected chi connectivity index (χ4v) is 5.74. The van der Waals surface area contributed by atoms with Gasteiger partial charge in [-0.25, -0.2) is 4.98 Å². The molecule has 0 amide bonds. The van der Waals surface area contributed by atoms with Crippen LogP contribution in [0.4, 0.5) is 5.82 Å². The highest BCUT2D eigenvalue weighted by molar-refractivity contribution is 5.69. The van der Waals surface area contributed by atoms with Gasteiger partial charge < -0.3 is 24.5 Å². The van der Waals surface area contributed by atoms with E-state index in [1.54, 1.807) is 7.11 Å². The number of fused-ring (bicyclic) bond motifs is 2. The second kappa shape index (κ2) is 11.7. The zero-order chi connectivity index (χ0) is 26.5. The van der Waals surface area contributed by atoms with E-state index in [1.165, 1.54) is 28.5 Å². The number of rotatable bonds is 7. The summed E-state index contributed by atoms with van der Waals surface area (Å²) in [6.07, 6.45) is 4.23. The average Bonchev–Trinajstić information content (AvgIpc) is 3.72. The van der Waals surface area contributed by atoms with Gasteiger partial charge in [0.2, 0.25) is 0 Å². The summed E-state index contributed by atoms with van der Waals surface area (Å²) in [6.45, 7) is 9.34. The number of carbonyl (C=O) groups is 1. The number of nitrogens with zero attached hydrogens (tertiary/aromatic N) is 2. The predicted octanol–water partition coefficient (Wildman–Crippen LogP) is 5.35. The van der Waals surface area contributed by atoms with Crippen molar-refractivity contribution in [2.24, 2.45) is 11.3 Å². The molecule has 1 unspecified atom stereocenters. The number of nitrogens with one attached hydrogen (secondary N) is 1. The van der Waals surface area contributed by atoms with Gasteiger partial charge in [-0.1, -0.05) is 30.3 Å². The fraction of sp³-hybridized carbons (Fsp3) is 0.438. The van der Waals surface area contributed by atoms with Gasteiger partial charge in [0.15, 0.2) is 0 Å². The van der Waals surface area contributed by atoms with Gasteiger partial charge in [0.25, 0.3) is 0 Å². The van der Waals surface area contributed by atoms with Crippen molar-refractivity contribution in [1.82, 2.24) is 10.3 Å². The molecule has 0 spiro atoms. The van der Waals surface area contributed by atoms with Gasteiger partial charge in [-0.05, 0) is 92.1 Å². The van der Waals surface area contributed by atoms with Crippen molar-refractivity contribution in [3.05, 3.63) is 76.9 Å². The molecule has 6 nitrogen and oxygen atoms in total. The normalized spacial score (nSPS) is 21.4. The molecule has 2 fully saturated rings. The fourth-order valence-electron chi connectivity index (χ4n) is 5.74. The molecule has 2 atom stereocenters. The van der Waals surface area contributed by atoms with Gasteiger partial charge >= 0.3 is 0 Å². The van der Waals surface area contributed by atoms with Crippen molar-refractivity contribution in [1.29, 1.82) is 0 Å². The number of carbonyl (C=O) groups excluding carboxylic acids is 1. The summed E-state index contributed by atoms with van der Waals surface area (Å²) in [4.78, 5) is 18.8. The minimum Gasteiger partial charge on any atom is -0.488 e. The topological polar surface area (TPSA) is 63.7 Å². The molecule has 1 aromatic heterocycles. The first kappa shape index (κ1) is 26.4. The van der Waals surface area contributed by atoms with Gasteiger partial charge in [-0.3, -0.25) is 0 Å². The second-order valence-corrected chi connectivity index (χ2v) is 10.6. The summed E-state index contributed by atoms with van der Waals surface area (Å²) in [5.74, 6) is 2.32. The molecular weight excluding hydrogens is 474 g/mol. The van der Waals surface area contributed by atoms with Crippen molar-refractivity contribution in [3.63, 3.8) is 0 Å². The number of hydrogen-bond acceptors (Lipinski definition) is 6. The van der Waals surface area contributed by atoms with Crippen LogP contribution in [-0.2, 0) is 29.1 Å². The monoisotopic (exact) mass is 513 g/mol. The van der Waals surface area contributed by atoms with Crippen LogP contribution >= 0.6 is 0 Å². The van der Waals surface area contributed by atoms with Crippen LogP contribution < -0.4 is 15.0 Å². The maximum atomic E-state index is 11.4. The predicted molar refractivity (Wildman–Crippen MR) is 152 cm³/mol. The highest BCUT2D eigenvalue weighted by atomic mass is 16.5. The van der Waals surface area contributed by atoms with E-state index >= 15 is 0 Å². The van der Waals surface area contributed by atoms with Crippen LogP contribution in [0.25, 0.3) is 11.3 Å². The Bertz CT molecular complexity index is 1270. The van der Waals surface area contributed by atoms with E-state index < -0.39 is 0 Å². The SMILES string of the molecule is CCOC.Cc1c(COc2ccccc2-c2cccc(N3CC[C@@]4(C=O)CC4C3)n2)ccc2c1CCNC2. The third-order valence-electron chi connectivity index (χ3n) is 8.37. The van der Waals surface area contributed by atoms with Gasteiger partial charge in [0, 0.05) is 44.3 Å². The van der Waals surface area contributed by atoms with Crippen molar-refractivity contribution in [3.8, 4) is 17.0 Å². The zero-order valence-electron chi connectivity index (χ0n) is 22.8. The lowest BCUT2D eigenvalue weighted by molar-refractivity contribution is -0.113. The summed E-state index contributed by atoms with van der Waals surface area (Å²) < 4.78 is 10.9. The molecule has 3 heterocycles. The molecule has 6 rings (SSSR count). The third-order valence-corrected chi connectivity index (χ3v) is 8.37. The van der Waals surface area contributed by atoms with E-state index in [0.717, 1.165) is 74.9 Å². The molecule has 38 heavy (non-hydrogen) atoms. The smallest absolute Gasteiger partial charge is 0.129 e. The number of hydrogen-bond donors (Lipinski definition) is 1. The second-order valence-electron chi connectivity index (χ2n) is 10.6. The quantitative estimate of drug-likeness (QED) is 0.430. The summed E-state index contributed by atoms with van der Waals surface area (Å²) in [5.41, 5.74) is 7.36. The number of benzene rings is 2. The number of pyridine rings is 1. The third kappa shape index (κ3) is 5.47. The lowest BCUT2D eigenvalue weighted by atomic mass is 9.93. The van der Waals surface area contributed by atoms with Gasteiger partial charge in [0.05, 0.1) is 5.69 Å². The zero-order valence-corrected chi connectivity index (χ0v) is 22.8. The van der Waals surface area contributed by atoms with Crippen molar-refractivity contribution >= 4 is 12.1 Å². The molecule has 1 saturated heterocycles. The maximum Gasteiger partial charge on any atom is 0.129 e. The first-order valence-corrected chi connectivity index (χ1v) is 13.8. The minimum absolute atomic E-state index is 0.0418. The molecule has 2 aromatic carbocycles. The Labute approximate surface area is 226 Å². The van der Waals surface area contributed by atoms with Crippen molar-refractivity contribution < 1.29 is 14.3 Å². The molecule has 0 bridgehead atoms.